The number of anilines is 3. The Bertz CT molecular complexity index is 709. The SMILES string of the molecule is CC(C)(C)c1cc(NC(=O)CN2CCNc3ccccc32)on1.Cl. The van der Waals surface area contributed by atoms with Crippen LogP contribution in [0.15, 0.2) is 34.9 Å². The van der Waals surface area contributed by atoms with E-state index in [1.165, 1.54) is 0 Å². The molecule has 0 saturated heterocycles. The second-order valence-electron chi connectivity index (χ2n) is 6.74. The van der Waals surface area contributed by atoms with Gasteiger partial charge in [0.2, 0.25) is 11.8 Å². The molecular formula is C17H23ClN4O2. The van der Waals surface area contributed by atoms with Crippen molar-refractivity contribution in [1.82, 2.24) is 5.16 Å². The van der Waals surface area contributed by atoms with Gasteiger partial charge in [-0.2, -0.15) is 0 Å². The van der Waals surface area contributed by atoms with Gasteiger partial charge in [0.25, 0.3) is 0 Å². The standard InChI is InChI=1S/C17H22N4O2.ClH/c1-17(2,3)14-10-16(23-20-14)19-15(22)11-21-9-8-18-12-6-4-5-7-13(12)21;/h4-7,10,18H,8-9,11H2,1-3H3,(H,19,22);1H. The molecule has 0 unspecified atom stereocenters. The minimum atomic E-state index is -0.113. The molecule has 0 saturated carbocycles. The van der Waals surface area contributed by atoms with Crippen molar-refractivity contribution in [2.75, 3.05) is 35.2 Å². The highest BCUT2D eigenvalue weighted by Crippen LogP contribution is 2.28. The third kappa shape index (κ3) is 4.00. The van der Waals surface area contributed by atoms with Gasteiger partial charge in [-0.25, -0.2) is 0 Å². The molecular weight excluding hydrogens is 328 g/mol. The molecule has 3 rings (SSSR count). The molecule has 130 valence electrons. The predicted molar refractivity (Wildman–Crippen MR) is 98.2 cm³/mol. The molecule has 2 N–H and O–H groups in total. The number of amides is 1. The number of fused-ring (bicyclic) bond motifs is 1. The number of rotatable bonds is 3. The summed E-state index contributed by atoms with van der Waals surface area (Å²) in [7, 11) is 0. The normalized spacial score (nSPS) is 13.5. The van der Waals surface area contributed by atoms with Gasteiger partial charge in [-0.05, 0) is 12.1 Å². The van der Waals surface area contributed by atoms with Crippen molar-refractivity contribution in [2.45, 2.75) is 26.2 Å². The van der Waals surface area contributed by atoms with Crippen LogP contribution in [-0.2, 0) is 10.2 Å². The first-order chi connectivity index (χ1) is 10.9. The first kappa shape index (κ1) is 18.1. The lowest BCUT2D eigenvalue weighted by atomic mass is 9.92. The summed E-state index contributed by atoms with van der Waals surface area (Å²) in [6.45, 7) is 8.04. The summed E-state index contributed by atoms with van der Waals surface area (Å²) in [6.07, 6.45) is 0. The van der Waals surface area contributed by atoms with Crippen molar-refractivity contribution in [1.29, 1.82) is 0 Å². The molecule has 0 atom stereocenters. The third-order valence-electron chi connectivity index (χ3n) is 3.82. The summed E-state index contributed by atoms with van der Waals surface area (Å²) >= 11 is 0. The first-order valence-electron chi connectivity index (χ1n) is 7.78. The Morgan fingerprint density at radius 3 is 2.83 bits per heavy atom. The van der Waals surface area contributed by atoms with E-state index in [0.717, 1.165) is 30.2 Å². The van der Waals surface area contributed by atoms with Crippen LogP contribution in [0.1, 0.15) is 26.5 Å². The lowest BCUT2D eigenvalue weighted by molar-refractivity contribution is -0.115. The van der Waals surface area contributed by atoms with Crippen LogP contribution in [-0.4, -0.2) is 30.7 Å². The molecule has 1 aromatic heterocycles. The molecule has 0 spiro atoms. The van der Waals surface area contributed by atoms with Gasteiger partial charge in [0.05, 0.1) is 23.6 Å². The topological polar surface area (TPSA) is 70.4 Å². The fraction of sp³-hybridized carbons (Fsp3) is 0.412. The quantitative estimate of drug-likeness (QED) is 0.889. The van der Waals surface area contributed by atoms with Crippen molar-refractivity contribution in [3.8, 4) is 0 Å². The number of para-hydroxylation sites is 2. The van der Waals surface area contributed by atoms with Gasteiger partial charge in [-0.15, -0.1) is 12.4 Å². The first-order valence-corrected chi connectivity index (χ1v) is 7.78. The maximum Gasteiger partial charge on any atom is 0.246 e. The van der Waals surface area contributed by atoms with Gasteiger partial charge in [-0.1, -0.05) is 38.1 Å². The number of halogens is 1. The van der Waals surface area contributed by atoms with Crippen LogP contribution >= 0.6 is 12.4 Å². The number of nitrogens with zero attached hydrogens (tertiary/aromatic N) is 2. The molecule has 0 fully saturated rings. The van der Waals surface area contributed by atoms with Crippen molar-refractivity contribution < 1.29 is 9.32 Å². The maximum absolute atomic E-state index is 12.3. The van der Waals surface area contributed by atoms with E-state index in [1.54, 1.807) is 6.07 Å². The van der Waals surface area contributed by atoms with Gasteiger partial charge in [0.15, 0.2) is 0 Å². The zero-order valence-electron chi connectivity index (χ0n) is 14.1. The molecule has 2 aromatic rings. The van der Waals surface area contributed by atoms with Crippen LogP contribution in [0.4, 0.5) is 17.3 Å². The van der Waals surface area contributed by atoms with Crippen molar-refractivity contribution in [3.63, 3.8) is 0 Å². The molecule has 1 aliphatic rings. The Morgan fingerprint density at radius 1 is 1.38 bits per heavy atom. The van der Waals surface area contributed by atoms with E-state index in [1.807, 2.05) is 45.0 Å². The average Bonchev–Trinajstić information content (AvgIpc) is 2.96. The Morgan fingerprint density at radius 2 is 2.12 bits per heavy atom. The number of hydrogen-bond acceptors (Lipinski definition) is 5. The molecule has 0 radical (unpaired) electrons. The zero-order valence-corrected chi connectivity index (χ0v) is 14.9. The smallest absolute Gasteiger partial charge is 0.246 e. The average molecular weight is 351 g/mol. The lowest BCUT2D eigenvalue weighted by Crippen LogP contribution is -2.39. The fourth-order valence-corrected chi connectivity index (χ4v) is 2.55. The number of hydrogen-bond donors (Lipinski definition) is 2. The van der Waals surface area contributed by atoms with E-state index in [4.69, 9.17) is 4.52 Å². The van der Waals surface area contributed by atoms with Crippen molar-refractivity contribution >= 4 is 35.6 Å². The highest BCUT2D eigenvalue weighted by atomic mass is 35.5. The molecule has 1 amide bonds. The fourth-order valence-electron chi connectivity index (χ4n) is 2.55. The highest BCUT2D eigenvalue weighted by molar-refractivity contribution is 5.93. The van der Waals surface area contributed by atoms with Crippen LogP contribution in [0.3, 0.4) is 0 Å². The summed E-state index contributed by atoms with van der Waals surface area (Å²) in [6, 6.07) is 9.77. The molecule has 2 heterocycles. The van der Waals surface area contributed by atoms with Gasteiger partial charge in [0.1, 0.15) is 0 Å². The second kappa shape index (κ2) is 7.13. The van der Waals surface area contributed by atoms with Crippen LogP contribution in [0, 0.1) is 0 Å². The molecule has 1 aliphatic heterocycles. The summed E-state index contributed by atoms with van der Waals surface area (Å²) in [5.74, 6) is 0.279. The monoisotopic (exact) mass is 350 g/mol. The highest BCUT2D eigenvalue weighted by Gasteiger charge is 2.21. The largest absolute Gasteiger partial charge is 0.382 e. The summed E-state index contributed by atoms with van der Waals surface area (Å²) in [5, 5.41) is 10.1. The number of carbonyl (C=O) groups excluding carboxylic acids is 1. The number of aromatic nitrogens is 1. The van der Waals surface area contributed by atoms with Crippen molar-refractivity contribution in [3.05, 3.63) is 36.0 Å². The Hall–Kier alpha value is -2.21. The van der Waals surface area contributed by atoms with E-state index in [-0.39, 0.29) is 30.3 Å². The van der Waals surface area contributed by atoms with E-state index < -0.39 is 0 Å². The van der Waals surface area contributed by atoms with Gasteiger partial charge in [-0.3, -0.25) is 10.1 Å². The van der Waals surface area contributed by atoms with E-state index in [2.05, 4.69) is 20.7 Å². The van der Waals surface area contributed by atoms with Gasteiger partial charge < -0.3 is 14.7 Å². The van der Waals surface area contributed by atoms with Crippen molar-refractivity contribution in [2.24, 2.45) is 0 Å². The van der Waals surface area contributed by atoms with Gasteiger partial charge in [0, 0.05) is 24.6 Å². The molecule has 7 heteroatoms. The summed E-state index contributed by atoms with van der Waals surface area (Å²) in [5.41, 5.74) is 2.81. The molecule has 0 aliphatic carbocycles. The van der Waals surface area contributed by atoms with Crippen LogP contribution in [0.2, 0.25) is 0 Å². The van der Waals surface area contributed by atoms with Crippen LogP contribution < -0.4 is 15.5 Å². The number of benzene rings is 1. The predicted octanol–water partition coefficient (Wildman–Crippen LogP) is 3.26. The van der Waals surface area contributed by atoms with E-state index in [9.17, 15) is 4.79 Å². The second-order valence-corrected chi connectivity index (χ2v) is 6.74. The minimum absolute atomic E-state index is 0. The van der Waals surface area contributed by atoms with E-state index in [0.29, 0.717) is 5.88 Å². The lowest BCUT2D eigenvalue weighted by Gasteiger charge is -2.31. The summed E-state index contributed by atoms with van der Waals surface area (Å²) in [4.78, 5) is 14.3. The van der Waals surface area contributed by atoms with Crippen LogP contribution in [0.5, 0.6) is 0 Å². The molecule has 0 bridgehead atoms. The van der Waals surface area contributed by atoms with Gasteiger partial charge >= 0.3 is 0 Å². The number of carbonyl (C=O) groups is 1. The zero-order chi connectivity index (χ0) is 16.4. The number of nitrogens with one attached hydrogen (secondary N) is 2. The Kier molecular flexibility index (Phi) is 5.39. The minimum Gasteiger partial charge on any atom is -0.382 e. The molecule has 6 nitrogen and oxygen atoms in total. The van der Waals surface area contributed by atoms with Crippen LogP contribution in [0.25, 0.3) is 0 Å². The van der Waals surface area contributed by atoms with E-state index >= 15 is 0 Å². The maximum atomic E-state index is 12.3. The summed E-state index contributed by atoms with van der Waals surface area (Å²) < 4.78 is 5.21. The Balaban J connectivity index is 0.00000208. The Labute approximate surface area is 148 Å². The third-order valence-corrected chi connectivity index (χ3v) is 3.82. The molecule has 1 aromatic carbocycles. The molecule has 24 heavy (non-hydrogen) atoms.